The van der Waals surface area contributed by atoms with Gasteiger partial charge in [-0.2, -0.15) is 0 Å². The van der Waals surface area contributed by atoms with Crippen LogP contribution in [0.4, 0.5) is 8.78 Å². The predicted molar refractivity (Wildman–Crippen MR) is 78.5 cm³/mol. The minimum Gasteiger partial charge on any atom is -0.310 e. The summed E-state index contributed by atoms with van der Waals surface area (Å²) in [5.41, 5.74) is 3.00. The molecule has 0 atom stereocenters. The van der Waals surface area contributed by atoms with Gasteiger partial charge in [-0.1, -0.05) is 31.5 Å². The van der Waals surface area contributed by atoms with Gasteiger partial charge in [0.25, 0.3) is 0 Å². The van der Waals surface area contributed by atoms with Crippen LogP contribution in [0.25, 0.3) is 11.1 Å². The molecule has 2 aromatic carbocycles. The summed E-state index contributed by atoms with van der Waals surface area (Å²) in [5, 5.41) is 3.24. The van der Waals surface area contributed by atoms with Crippen LogP contribution in [0.15, 0.2) is 36.4 Å². The number of nitrogens with one attached hydrogen (secondary N) is 1. The Morgan fingerprint density at radius 1 is 1.00 bits per heavy atom. The van der Waals surface area contributed by atoms with Crippen LogP contribution in [0.2, 0.25) is 0 Å². The number of aryl methyl sites for hydroxylation is 1. The van der Waals surface area contributed by atoms with Gasteiger partial charge in [-0.05, 0) is 42.3 Å². The van der Waals surface area contributed by atoms with Gasteiger partial charge in [0.15, 0.2) is 0 Å². The van der Waals surface area contributed by atoms with Crippen LogP contribution in [0.1, 0.15) is 25.0 Å². The molecule has 3 heteroatoms. The molecule has 2 aromatic rings. The Balaban J connectivity index is 2.47. The molecular formula is C17H19F2N. The van der Waals surface area contributed by atoms with Crippen molar-refractivity contribution in [1.29, 1.82) is 0 Å². The van der Waals surface area contributed by atoms with Gasteiger partial charge < -0.3 is 5.32 Å². The summed E-state index contributed by atoms with van der Waals surface area (Å²) in [6.07, 6.45) is 0. The average molecular weight is 275 g/mol. The zero-order chi connectivity index (χ0) is 14.7. The molecule has 0 aliphatic heterocycles. The zero-order valence-electron chi connectivity index (χ0n) is 12.0. The second-order valence-corrected chi connectivity index (χ2v) is 5.32. The lowest BCUT2D eigenvalue weighted by Gasteiger charge is -2.14. The van der Waals surface area contributed by atoms with Gasteiger partial charge in [0, 0.05) is 18.2 Å². The summed E-state index contributed by atoms with van der Waals surface area (Å²) in [6.45, 7) is 6.47. The molecule has 0 bridgehead atoms. The number of hydrogen-bond acceptors (Lipinski definition) is 1. The smallest absolute Gasteiger partial charge is 0.131 e. The van der Waals surface area contributed by atoms with Crippen molar-refractivity contribution in [3.05, 3.63) is 59.2 Å². The molecule has 0 aliphatic carbocycles. The van der Waals surface area contributed by atoms with Crippen LogP contribution in [0.3, 0.4) is 0 Å². The van der Waals surface area contributed by atoms with Crippen molar-refractivity contribution in [2.45, 2.75) is 33.4 Å². The Bertz CT molecular complexity index is 606. The fourth-order valence-corrected chi connectivity index (χ4v) is 2.13. The van der Waals surface area contributed by atoms with Gasteiger partial charge in [-0.25, -0.2) is 8.78 Å². The first-order valence-corrected chi connectivity index (χ1v) is 6.75. The van der Waals surface area contributed by atoms with Crippen molar-refractivity contribution in [2.75, 3.05) is 0 Å². The average Bonchev–Trinajstić information content (AvgIpc) is 2.39. The standard InChI is InChI=1S/C17H19F2N/c1-11(2)20-10-13-9-14(18)5-6-15(13)16-8-12(3)4-7-17(16)19/h4-9,11,20H,10H2,1-3H3. The fourth-order valence-electron chi connectivity index (χ4n) is 2.13. The number of hydrogen-bond donors (Lipinski definition) is 1. The molecule has 0 saturated heterocycles. The largest absolute Gasteiger partial charge is 0.310 e. The fraction of sp³-hybridized carbons (Fsp3) is 0.294. The van der Waals surface area contributed by atoms with Crippen LogP contribution in [0.5, 0.6) is 0 Å². The third-order valence-electron chi connectivity index (χ3n) is 3.18. The molecule has 0 aromatic heterocycles. The first kappa shape index (κ1) is 14.7. The molecule has 0 aliphatic rings. The van der Waals surface area contributed by atoms with E-state index in [2.05, 4.69) is 5.32 Å². The van der Waals surface area contributed by atoms with Gasteiger partial charge >= 0.3 is 0 Å². The van der Waals surface area contributed by atoms with Gasteiger partial charge in [0.1, 0.15) is 11.6 Å². The summed E-state index contributed by atoms with van der Waals surface area (Å²) in [5.74, 6) is -0.588. The predicted octanol–water partition coefficient (Wildman–Crippen LogP) is 4.44. The topological polar surface area (TPSA) is 12.0 Å². The van der Waals surface area contributed by atoms with Gasteiger partial charge in [0.05, 0.1) is 0 Å². The minimum absolute atomic E-state index is 0.284. The Kier molecular flexibility index (Phi) is 4.50. The Morgan fingerprint density at radius 2 is 1.75 bits per heavy atom. The molecule has 0 heterocycles. The molecule has 1 nitrogen and oxygen atoms in total. The van der Waals surface area contributed by atoms with Crippen molar-refractivity contribution < 1.29 is 8.78 Å². The monoisotopic (exact) mass is 275 g/mol. The van der Waals surface area contributed by atoms with E-state index in [0.717, 1.165) is 16.7 Å². The summed E-state index contributed by atoms with van der Waals surface area (Å²) >= 11 is 0. The van der Waals surface area contributed by atoms with Crippen molar-refractivity contribution >= 4 is 0 Å². The SMILES string of the molecule is Cc1ccc(F)c(-c2ccc(F)cc2CNC(C)C)c1. The van der Waals surface area contributed by atoms with E-state index in [0.29, 0.717) is 12.1 Å². The first-order chi connectivity index (χ1) is 9.47. The van der Waals surface area contributed by atoms with E-state index in [4.69, 9.17) is 0 Å². The van der Waals surface area contributed by atoms with E-state index in [9.17, 15) is 8.78 Å². The molecular weight excluding hydrogens is 256 g/mol. The quantitative estimate of drug-likeness (QED) is 0.870. The van der Waals surface area contributed by atoms with E-state index >= 15 is 0 Å². The molecule has 0 radical (unpaired) electrons. The van der Waals surface area contributed by atoms with Crippen LogP contribution in [0, 0.1) is 18.6 Å². The number of halogens is 2. The summed E-state index contributed by atoms with van der Waals surface area (Å²) < 4.78 is 27.5. The molecule has 0 amide bonds. The van der Waals surface area contributed by atoms with E-state index < -0.39 is 0 Å². The molecule has 20 heavy (non-hydrogen) atoms. The third-order valence-corrected chi connectivity index (χ3v) is 3.18. The number of benzene rings is 2. The highest BCUT2D eigenvalue weighted by atomic mass is 19.1. The Hall–Kier alpha value is -1.74. The third kappa shape index (κ3) is 3.42. The molecule has 2 rings (SSSR count). The molecule has 106 valence electrons. The lowest BCUT2D eigenvalue weighted by molar-refractivity contribution is 0.581. The second kappa shape index (κ2) is 6.14. The highest BCUT2D eigenvalue weighted by Gasteiger charge is 2.11. The highest BCUT2D eigenvalue weighted by Crippen LogP contribution is 2.28. The number of rotatable bonds is 4. The van der Waals surface area contributed by atoms with Crippen LogP contribution < -0.4 is 5.32 Å². The van der Waals surface area contributed by atoms with Crippen LogP contribution in [-0.2, 0) is 6.54 Å². The van der Waals surface area contributed by atoms with Crippen molar-refractivity contribution in [2.24, 2.45) is 0 Å². The van der Waals surface area contributed by atoms with Crippen molar-refractivity contribution in [1.82, 2.24) is 5.32 Å². The van der Waals surface area contributed by atoms with Crippen LogP contribution in [-0.4, -0.2) is 6.04 Å². The summed E-state index contributed by atoms with van der Waals surface area (Å²) in [7, 11) is 0. The van der Waals surface area contributed by atoms with Crippen LogP contribution >= 0.6 is 0 Å². The highest BCUT2D eigenvalue weighted by molar-refractivity contribution is 5.68. The van der Waals surface area contributed by atoms with E-state index in [1.165, 1.54) is 18.2 Å². The second-order valence-electron chi connectivity index (χ2n) is 5.32. The maximum atomic E-state index is 14.0. The van der Waals surface area contributed by atoms with E-state index in [1.807, 2.05) is 20.8 Å². The zero-order valence-corrected chi connectivity index (χ0v) is 12.0. The molecule has 1 N–H and O–H groups in total. The lowest BCUT2D eigenvalue weighted by atomic mass is 9.97. The lowest BCUT2D eigenvalue weighted by Crippen LogP contribution is -2.22. The Morgan fingerprint density at radius 3 is 2.45 bits per heavy atom. The van der Waals surface area contributed by atoms with E-state index in [-0.39, 0.29) is 17.7 Å². The van der Waals surface area contributed by atoms with Crippen molar-refractivity contribution in [3.63, 3.8) is 0 Å². The van der Waals surface area contributed by atoms with Gasteiger partial charge in [-0.3, -0.25) is 0 Å². The Labute approximate surface area is 118 Å². The van der Waals surface area contributed by atoms with Crippen molar-refractivity contribution in [3.8, 4) is 11.1 Å². The normalized spacial score (nSPS) is 11.1. The maximum Gasteiger partial charge on any atom is 0.131 e. The maximum absolute atomic E-state index is 14.0. The molecule has 0 unspecified atom stereocenters. The molecule has 0 saturated carbocycles. The van der Waals surface area contributed by atoms with Gasteiger partial charge in [-0.15, -0.1) is 0 Å². The first-order valence-electron chi connectivity index (χ1n) is 6.75. The minimum atomic E-state index is -0.303. The molecule has 0 fully saturated rings. The van der Waals surface area contributed by atoms with Gasteiger partial charge in [0.2, 0.25) is 0 Å². The van der Waals surface area contributed by atoms with E-state index in [1.54, 1.807) is 18.2 Å². The summed E-state index contributed by atoms with van der Waals surface area (Å²) in [4.78, 5) is 0. The molecule has 0 spiro atoms. The summed E-state index contributed by atoms with van der Waals surface area (Å²) in [6, 6.07) is 9.74.